The Kier molecular flexibility index (Phi) is 8.86. The zero-order valence-electron chi connectivity index (χ0n) is 12.3. The summed E-state index contributed by atoms with van der Waals surface area (Å²) in [6.45, 7) is -0.232. The van der Waals surface area contributed by atoms with Gasteiger partial charge in [-0.3, -0.25) is 23.7 Å². The van der Waals surface area contributed by atoms with Crippen molar-refractivity contribution in [2.45, 2.75) is 0 Å². The summed E-state index contributed by atoms with van der Waals surface area (Å²) in [7, 11) is -4.13. The number of hydrogen-bond acceptors (Lipinski definition) is 7. The molecule has 24 heavy (non-hydrogen) atoms. The molecule has 0 bridgehead atoms. The van der Waals surface area contributed by atoms with Gasteiger partial charge >= 0.3 is 0 Å². The molecule has 0 fully saturated rings. The molecule has 1 aliphatic rings. The third kappa shape index (κ3) is 6.51. The fourth-order valence-corrected chi connectivity index (χ4v) is 1.97. The Labute approximate surface area is 137 Å². The number of carbonyl (C=O) groups is 4. The number of rotatable bonds is 4. The summed E-state index contributed by atoms with van der Waals surface area (Å²) in [6.07, 6.45) is 0.500. The van der Waals surface area contributed by atoms with Crippen LogP contribution in [0.1, 0.15) is 20.7 Å². The van der Waals surface area contributed by atoms with E-state index < -0.39 is 27.7 Å². The number of carbonyl (C=O) groups excluding carboxylic acids is 4. The van der Waals surface area contributed by atoms with Gasteiger partial charge in [-0.15, -0.1) is 0 Å². The molecular formula is C12H16N4O7S. The van der Waals surface area contributed by atoms with Crippen LogP contribution < -0.4 is 16.9 Å². The zero-order valence-corrected chi connectivity index (χ0v) is 13.1. The second-order valence-corrected chi connectivity index (χ2v) is 5.53. The van der Waals surface area contributed by atoms with Gasteiger partial charge in [-0.1, -0.05) is 12.1 Å². The van der Waals surface area contributed by atoms with Crippen LogP contribution in [0.25, 0.3) is 0 Å². The number of hydrogen-bond donors (Lipinski definition) is 4. The van der Waals surface area contributed by atoms with Crippen molar-refractivity contribution in [2.24, 2.45) is 11.5 Å². The summed E-state index contributed by atoms with van der Waals surface area (Å²) in [5.74, 6) is -1.66. The maximum atomic E-state index is 11.8. The van der Waals surface area contributed by atoms with Gasteiger partial charge in [0.1, 0.15) is 0 Å². The van der Waals surface area contributed by atoms with E-state index in [-0.39, 0.29) is 30.5 Å². The predicted octanol–water partition coefficient (Wildman–Crippen LogP) is -2.12. The van der Waals surface area contributed by atoms with E-state index in [1.807, 2.05) is 0 Å². The molecule has 0 aromatic heterocycles. The minimum Gasteiger partial charge on any atom is -0.372 e. The lowest BCUT2D eigenvalue weighted by atomic mass is 10.1. The minimum atomic E-state index is -4.13. The quantitative estimate of drug-likeness (QED) is 0.266. The van der Waals surface area contributed by atoms with Crippen LogP contribution in [0.15, 0.2) is 24.3 Å². The second kappa shape index (κ2) is 10.0. The lowest BCUT2D eigenvalue weighted by Crippen LogP contribution is -2.44. The van der Waals surface area contributed by atoms with Gasteiger partial charge in [0.15, 0.2) is 0 Å². The number of benzene rings is 1. The summed E-state index contributed by atoms with van der Waals surface area (Å²) in [6, 6.07) is 6.29. The van der Waals surface area contributed by atoms with E-state index in [0.29, 0.717) is 0 Å². The summed E-state index contributed by atoms with van der Waals surface area (Å²) in [5.41, 5.74) is 11.2. The molecule has 0 spiro atoms. The molecule has 0 saturated heterocycles. The molecule has 12 heteroatoms. The Morgan fingerprint density at radius 3 is 1.75 bits per heavy atom. The Bertz CT molecular complexity index is 664. The second-order valence-electron chi connectivity index (χ2n) is 3.96. The van der Waals surface area contributed by atoms with Crippen LogP contribution in [0.4, 0.5) is 0 Å². The highest BCUT2D eigenvalue weighted by Gasteiger charge is 2.35. The van der Waals surface area contributed by atoms with Crippen LogP contribution in [0.3, 0.4) is 0 Å². The fourth-order valence-electron chi connectivity index (χ4n) is 1.62. The highest BCUT2D eigenvalue weighted by molar-refractivity contribution is 7.85. The van der Waals surface area contributed by atoms with Crippen molar-refractivity contribution < 1.29 is 32.1 Å². The van der Waals surface area contributed by atoms with Gasteiger partial charge in [-0.05, 0) is 12.1 Å². The number of amides is 4. The molecule has 0 radical (unpaired) electrons. The molecule has 132 valence electrons. The first-order valence-corrected chi connectivity index (χ1v) is 7.81. The van der Waals surface area contributed by atoms with Crippen LogP contribution in [0.2, 0.25) is 0 Å². The van der Waals surface area contributed by atoms with Crippen LogP contribution in [0, 0.1) is 0 Å². The molecule has 0 unspecified atom stereocenters. The van der Waals surface area contributed by atoms with E-state index in [9.17, 15) is 18.0 Å². The average Bonchev–Trinajstić information content (AvgIpc) is 2.73. The van der Waals surface area contributed by atoms with E-state index in [4.69, 9.17) is 14.1 Å². The number of imide groups is 1. The molecule has 4 amide bonds. The van der Waals surface area contributed by atoms with Crippen LogP contribution in [-0.4, -0.2) is 54.9 Å². The third-order valence-corrected chi connectivity index (χ3v) is 3.14. The van der Waals surface area contributed by atoms with Crippen molar-refractivity contribution in [3.05, 3.63) is 35.4 Å². The SMILES string of the molecule is NC=O.NC=O.O=C1c2ccccc2C(=O)N1NCCS(=O)(=O)O. The summed E-state index contributed by atoms with van der Waals surface area (Å²) in [4.78, 5) is 40.8. The maximum absolute atomic E-state index is 11.8. The van der Waals surface area contributed by atoms with Gasteiger partial charge in [0.25, 0.3) is 21.9 Å². The molecule has 6 N–H and O–H groups in total. The molecule has 1 aromatic carbocycles. The number of nitrogens with one attached hydrogen (secondary N) is 1. The predicted molar refractivity (Wildman–Crippen MR) is 81.9 cm³/mol. The van der Waals surface area contributed by atoms with Crippen molar-refractivity contribution in [3.8, 4) is 0 Å². The van der Waals surface area contributed by atoms with Gasteiger partial charge in [0.05, 0.1) is 16.9 Å². The molecule has 0 aliphatic carbocycles. The lowest BCUT2D eigenvalue weighted by molar-refractivity contribution is -0.107. The normalized spacial score (nSPS) is 12.3. The Morgan fingerprint density at radius 1 is 1.04 bits per heavy atom. The van der Waals surface area contributed by atoms with E-state index in [2.05, 4.69) is 16.9 Å². The van der Waals surface area contributed by atoms with Crippen LogP contribution in [0.5, 0.6) is 0 Å². The number of nitrogens with two attached hydrogens (primary N) is 2. The summed E-state index contributed by atoms with van der Waals surface area (Å²) < 4.78 is 29.6. The Morgan fingerprint density at radius 2 is 1.42 bits per heavy atom. The molecule has 1 heterocycles. The molecule has 1 aliphatic heterocycles. The van der Waals surface area contributed by atoms with E-state index in [1.165, 1.54) is 12.1 Å². The van der Waals surface area contributed by atoms with Gasteiger partial charge in [-0.25, -0.2) is 10.4 Å². The molecular weight excluding hydrogens is 344 g/mol. The molecule has 0 saturated carbocycles. The lowest BCUT2D eigenvalue weighted by Gasteiger charge is -2.14. The third-order valence-electron chi connectivity index (χ3n) is 2.42. The van der Waals surface area contributed by atoms with Crippen LogP contribution in [-0.2, 0) is 19.7 Å². The van der Waals surface area contributed by atoms with Crippen molar-refractivity contribution in [2.75, 3.05) is 12.3 Å². The summed E-state index contributed by atoms with van der Waals surface area (Å²) >= 11 is 0. The van der Waals surface area contributed by atoms with Crippen LogP contribution >= 0.6 is 0 Å². The zero-order chi connectivity index (χ0) is 18.8. The smallest absolute Gasteiger partial charge is 0.276 e. The minimum absolute atomic E-state index is 0.232. The maximum Gasteiger partial charge on any atom is 0.276 e. The first-order chi connectivity index (χ1) is 11.2. The Balaban J connectivity index is 0.000000772. The molecule has 11 nitrogen and oxygen atoms in total. The van der Waals surface area contributed by atoms with Crippen molar-refractivity contribution in [1.82, 2.24) is 10.4 Å². The van der Waals surface area contributed by atoms with Crippen molar-refractivity contribution >= 4 is 34.8 Å². The first kappa shape index (κ1) is 21.2. The average molecular weight is 360 g/mol. The first-order valence-electron chi connectivity index (χ1n) is 6.20. The Hall–Kier alpha value is -2.83. The highest BCUT2D eigenvalue weighted by Crippen LogP contribution is 2.20. The van der Waals surface area contributed by atoms with Crippen molar-refractivity contribution in [1.29, 1.82) is 0 Å². The summed E-state index contributed by atoms with van der Waals surface area (Å²) in [5, 5.41) is 0.746. The number of nitrogens with zero attached hydrogens (tertiary/aromatic N) is 1. The molecule has 0 atom stereocenters. The number of hydrazine groups is 1. The standard InChI is InChI=1S/C10H10N2O5S.2CH3NO/c13-9-7-3-1-2-4-8(7)10(14)12(9)11-5-6-18(15,16)17;2*2-1-3/h1-4,11H,5-6H2,(H,15,16,17);2*1H,(H2,2,3). The van der Waals surface area contributed by atoms with E-state index in [0.717, 1.165) is 5.01 Å². The fraction of sp³-hybridized carbons (Fsp3) is 0.167. The van der Waals surface area contributed by atoms with Crippen molar-refractivity contribution in [3.63, 3.8) is 0 Å². The highest BCUT2D eigenvalue weighted by atomic mass is 32.2. The molecule has 1 aromatic rings. The number of primary amides is 2. The van der Waals surface area contributed by atoms with Gasteiger partial charge in [0.2, 0.25) is 12.8 Å². The van der Waals surface area contributed by atoms with E-state index in [1.54, 1.807) is 12.1 Å². The largest absolute Gasteiger partial charge is 0.372 e. The monoisotopic (exact) mass is 360 g/mol. The topological polar surface area (TPSA) is 190 Å². The number of fused-ring (bicyclic) bond motifs is 1. The van der Waals surface area contributed by atoms with Gasteiger partial charge < -0.3 is 11.5 Å². The van der Waals surface area contributed by atoms with Gasteiger partial charge in [-0.2, -0.15) is 8.42 Å². The molecule has 2 rings (SSSR count). The van der Waals surface area contributed by atoms with Gasteiger partial charge in [0, 0.05) is 6.54 Å². The van der Waals surface area contributed by atoms with E-state index >= 15 is 0 Å².